The Hall–Kier alpha value is -0.330. The summed E-state index contributed by atoms with van der Waals surface area (Å²) in [5.41, 5.74) is 0. The van der Waals surface area contributed by atoms with Crippen molar-refractivity contribution in [2.45, 2.75) is 116 Å². The molecule has 0 aromatic rings. The molecule has 21 heavy (non-hydrogen) atoms. The zero-order chi connectivity index (χ0) is 15.2. The van der Waals surface area contributed by atoms with E-state index in [0.29, 0.717) is 11.7 Å². The highest BCUT2D eigenvalue weighted by atomic mass is 16.1. The number of rotatable bonds is 12. The van der Waals surface area contributed by atoms with Gasteiger partial charge in [0.1, 0.15) is 5.78 Å². The van der Waals surface area contributed by atoms with Gasteiger partial charge >= 0.3 is 0 Å². The molecule has 0 spiro atoms. The summed E-state index contributed by atoms with van der Waals surface area (Å²) < 4.78 is 0. The Bertz CT molecular complexity index is 238. The van der Waals surface area contributed by atoms with Gasteiger partial charge in [-0.1, -0.05) is 90.4 Å². The molecule has 0 atom stereocenters. The first-order valence-corrected chi connectivity index (χ1v) is 9.87. The van der Waals surface area contributed by atoms with Gasteiger partial charge in [0.2, 0.25) is 0 Å². The van der Waals surface area contributed by atoms with Crippen LogP contribution in [0.1, 0.15) is 116 Å². The normalized spacial score (nSPS) is 16.8. The minimum Gasteiger partial charge on any atom is -0.299 e. The van der Waals surface area contributed by atoms with Crippen LogP contribution in [0.2, 0.25) is 0 Å². The average molecular weight is 295 g/mol. The largest absolute Gasteiger partial charge is 0.299 e. The summed E-state index contributed by atoms with van der Waals surface area (Å²) in [7, 11) is 0. The van der Waals surface area contributed by atoms with E-state index in [2.05, 4.69) is 6.92 Å². The van der Waals surface area contributed by atoms with Gasteiger partial charge in [-0.3, -0.25) is 4.79 Å². The maximum Gasteiger partial charge on any atom is 0.135 e. The number of ketones is 1. The third kappa shape index (κ3) is 10.1. The van der Waals surface area contributed by atoms with Crippen LogP contribution in [-0.4, -0.2) is 5.78 Å². The molecular formula is C20H38O. The van der Waals surface area contributed by atoms with Crippen molar-refractivity contribution in [3.63, 3.8) is 0 Å². The van der Waals surface area contributed by atoms with E-state index in [4.69, 9.17) is 0 Å². The van der Waals surface area contributed by atoms with E-state index in [-0.39, 0.29) is 0 Å². The summed E-state index contributed by atoms with van der Waals surface area (Å²) >= 11 is 0. The Morgan fingerprint density at radius 2 is 1.19 bits per heavy atom. The number of Topliss-reactive ketones (excluding diaryl/α,β-unsaturated/α-hetero) is 1. The molecule has 0 aromatic carbocycles. The molecule has 0 bridgehead atoms. The molecule has 0 saturated heterocycles. The molecule has 0 aliphatic heterocycles. The van der Waals surface area contributed by atoms with E-state index in [9.17, 15) is 4.79 Å². The number of hydrogen-bond acceptors (Lipinski definition) is 1. The van der Waals surface area contributed by atoms with Crippen molar-refractivity contribution in [2.75, 3.05) is 0 Å². The standard InChI is InChI=1S/C20H38O/c1-2-3-4-5-6-7-8-9-10-15-18-20(21)19-16-13-11-12-14-17-19/h19H,2-18H2,1H3. The van der Waals surface area contributed by atoms with Gasteiger partial charge in [0.05, 0.1) is 0 Å². The van der Waals surface area contributed by atoms with Crippen molar-refractivity contribution in [3.8, 4) is 0 Å². The Morgan fingerprint density at radius 1 is 0.714 bits per heavy atom. The van der Waals surface area contributed by atoms with Gasteiger partial charge in [-0.25, -0.2) is 0 Å². The van der Waals surface area contributed by atoms with Crippen LogP contribution in [0.15, 0.2) is 0 Å². The van der Waals surface area contributed by atoms with Crippen LogP contribution in [0.5, 0.6) is 0 Å². The van der Waals surface area contributed by atoms with Gasteiger partial charge in [-0.15, -0.1) is 0 Å². The zero-order valence-electron chi connectivity index (χ0n) is 14.5. The third-order valence-corrected chi connectivity index (χ3v) is 5.09. The van der Waals surface area contributed by atoms with Gasteiger partial charge in [0.25, 0.3) is 0 Å². The van der Waals surface area contributed by atoms with Gasteiger partial charge < -0.3 is 0 Å². The first kappa shape index (κ1) is 18.7. The van der Waals surface area contributed by atoms with Crippen LogP contribution in [0.25, 0.3) is 0 Å². The number of carbonyl (C=O) groups is 1. The van der Waals surface area contributed by atoms with E-state index in [0.717, 1.165) is 12.8 Å². The molecule has 1 rings (SSSR count). The van der Waals surface area contributed by atoms with Gasteiger partial charge in [0, 0.05) is 12.3 Å². The minimum absolute atomic E-state index is 0.422. The zero-order valence-corrected chi connectivity index (χ0v) is 14.5. The van der Waals surface area contributed by atoms with Crippen molar-refractivity contribution in [1.82, 2.24) is 0 Å². The lowest BCUT2D eigenvalue weighted by atomic mass is 9.92. The second-order valence-electron chi connectivity index (χ2n) is 7.09. The fraction of sp³-hybridized carbons (Fsp3) is 0.950. The molecule has 1 aliphatic carbocycles. The molecule has 0 heterocycles. The third-order valence-electron chi connectivity index (χ3n) is 5.09. The smallest absolute Gasteiger partial charge is 0.135 e. The van der Waals surface area contributed by atoms with Crippen molar-refractivity contribution in [2.24, 2.45) is 5.92 Å². The fourth-order valence-electron chi connectivity index (χ4n) is 3.59. The lowest BCUT2D eigenvalue weighted by Crippen LogP contribution is -2.13. The maximum atomic E-state index is 12.2. The number of hydrogen-bond donors (Lipinski definition) is 0. The summed E-state index contributed by atoms with van der Waals surface area (Å²) in [6.45, 7) is 2.27. The molecule has 124 valence electrons. The maximum absolute atomic E-state index is 12.2. The fourth-order valence-corrected chi connectivity index (χ4v) is 3.59. The lowest BCUT2D eigenvalue weighted by Gasteiger charge is -2.12. The van der Waals surface area contributed by atoms with Crippen LogP contribution in [0, 0.1) is 5.92 Å². The van der Waals surface area contributed by atoms with Crippen LogP contribution in [-0.2, 0) is 4.79 Å². The molecule has 0 aromatic heterocycles. The number of carbonyl (C=O) groups excluding carboxylic acids is 1. The van der Waals surface area contributed by atoms with Gasteiger partial charge in [-0.05, 0) is 19.3 Å². The van der Waals surface area contributed by atoms with Crippen LogP contribution >= 0.6 is 0 Å². The van der Waals surface area contributed by atoms with Gasteiger partial charge in [-0.2, -0.15) is 0 Å². The predicted octanol–water partition coefficient (Wildman–Crippen LogP) is 6.84. The monoisotopic (exact) mass is 294 g/mol. The molecule has 0 unspecified atom stereocenters. The Labute approximate surface area is 133 Å². The Morgan fingerprint density at radius 3 is 1.71 bits per heavy atom. The van der Waals surface area contributed by atoms with Crippen molar-refractivity contribution >= 4 is 5.78 Å². The molecule has 1 nitrogen and oxygen atoms in total. The molecule has 1 saturated carbocycles. The molecular weight excluding hydrogens is 256 g/mol. The Kier molecular flexibility index (Phi) is 11.9. The summed E-state index contributed by atoms with van der Waals surface area (Å²) in [5.74, 6) is 1.00. The SMILES string of the molecule is CCCCCCCCCCCCC(=O)C1CCCCCC1. The van der Waals surface area contributed by atoms with E-state index < -0.39 is 0 Å². The van der Waals surface area contributed by atoms with Crippen molar-refractivity contribution in [3.05, 3.63) is 0 Å². The minimum atomic E-state index is 0.422. The summed E-state index contributed by atoms with van der Waals surface area (Å²) in [4.78, 5) is 12.2. The van der Waals surface area contributed by atoms with E-state index in [1.165, 1.54) is 96.3 Å². The highest BCUT2D eigenvalue weighted by Gasteiger charge is 2.19. The van der Waals surface area contributed by atoms with E-state index >= 15 is 0 Å². The van der Waals surface area contributed by atoms with Crippen molar-refractivity contribution in [1.29, 1.82) is 0 Å². The average Bonchev–Trinajstić information content (AvgIpc) is 2.78. The first-order valence-electron chi connectivity index (χ1n) is 9.87. The number of unbranched alkanes of at least 4 members (excludes halogenated alkanes) is 9. The van der Waals surface area contributed by atoms with Crippen molar-refractivity contribution < 1.29 is 4.79 Å². The Balaban J connectivity index is 1.88. The molecule has 1 heteroatoms. The van der Waals surface area contributed by atoms with Crippen LogP contribution in [0.3, 0.4) is 0 Å². The molecule has 0 radical (unpaired) electrons. The summed E-state index contributed by atoms with van der Waals surface area (Å²) in [6, 6.07) is 0. The summed E-state index contributed by atoms with van der Waals surface area (Å²) in [5, 5.41) is 0. The van der Waals surface area contributed by atoms with Crippen LogP contribution in [0.4, 0.5) is 0 Å². The second-order valence-corrected chi connectivity index (χ2v) is 7.09. The van der Waals surface area contributed by atoms with Gasteiger partial charge in [0.15, 0.2) is 0 Å². The quantitative estimate of drug-likeness (QED) is 0.284. The van der Waals surface area contributed by atoms with Crippen LogP contribution < -0.4 is 0 Å². The molecule has 1 fully saturated rings. The highest BCUT2D eigenvalue weighted by Crippen LogP contribution is 2.25. The van der Waals surface area contributed by atoms with E-state index in [1.54, 1.807) is 0 Å². The lowest BCUT2D eigenvalue weighted by molar-refractivity contribution is -0.123. The van der Waals surface area contributed by atoms with E-state index in [1.807, 2.05) is 0 Å². The topological polar surface area (TPSA) is 17.1 Å². The molecule has 0 amide bonds. The second kappa shape index (κ2) is 13.3. The first-order chi connectivity index (χ1) is 10.3. The highest BCUT2D eigenvalue weighted by molar-refractivity contribution is 5.80. The molecule has 1 aliphatic rings. The molecule has 0 N–H and O–H groups in total. The predicted molar refractivity (Wildman–Crippen MR) is 92.7 cm³/mol. The summed E-state index contributed by atoms with van der Waals surface area (Å²) in [6.07, 6.45) is 22.0.